The highest BCUT2D eigenvalue weighted by Crippen LogP contribution is 2.30. The van der Waals surface area contributed by atoms with E-state index in [1.165, 1.54) is 31.1 Å². The van der Waals surface area contributed by atoms with Crippen LogP contribution in [0.15, 0.2) is 30.5 Å². The van der Waals surface area contributed by atoms with Crippen molar-refractivity contribution in [2.75, 3.05) is 12.4 Å². The quantitative estimate of drug-likeness (QED) is 0.906. The predicted molar refractivity (Wildman–Crippen MR) is 83.3 cm³/mol. The number of benzene rings is 1. The van der Waals surface area contributed by atoms with Crippen LogP contribution in [-0.4, -0.2) is 18.1 Å². The lowest BCUT2D eigenvalue weighted by Crippen LogP contribution is -2.26. The van der Waals surface area contributed by atoms with E-state index in [1.54, 1.807) is 7.11 Å². The summed E-state index contributed by atoms with van der Waals surface area (Å²) in [6.07, 6.45) is 7.03. The Balaban J connectivity index is 1.90. The van der Waals surface area contributed by atoms with Crippen molar-refractivity contribution in [1.29, 1.82) is 0 Å². The van der Waals surface area contributed by atoms with E-state index in [1.807, 2.05) is 18.3 Å². The maximum atomic E-state index is 5.33. The number of methoxy groups -OCH3 is 1. The molecule has 3 nitrogen and oxygen atoms in total. The van der Waals surface area contributed by atoms with Crippen molar-refractivity contribution >= 4 is 16.6 Å². The zero-order chi connectivity index (χ0) is 13.9. The molecule has 1 aliphatic carbocycles. The van der Waals surface area contributed by atoms with E-state index in [4.69, 9.17) is 4.74 Å². The average Bonchev–Trinajstić information content (AvgIpc) is 2.47. The first-order valence-corrected chi connectivity index (χ1v) is 7.45. The highest BCUT2D eigenvalue weighted by Gasteiger charge is 2.19. The first kappa shape index (κ1) is 13.2. The van der Waals surface area contributed by atoms with E-state index in [0.717, 1.165) is 22.9 Å². The fourth-order valence-electron chi connectivity index (χ4n) is 3.15. The Morgan fingerprint density at radius 3 is 2.95 bits per heavy atom. The molecule has 2 unspecified atom stereocenters. The highest BCUT2D eigenvalue weighted by molar-refractivity contribution is 5.92. The number of aromatic nitrogens is 1. The van der Waals surface area contributed by atoms with Crippen molar-refractivity contribution in [1.82, 2.24) is 4.98 Å². The molecule has 0 radical (unpaired) electrons. The van der Waals surface area contributed by atoms with Gasteiger partial charge in [0.15, 0.2) is 0 Å². The van der Waals surface area contributed by atoms with Crippen molar-refractivity contribution in [3.05, 3.63) is 30.5 Å². The zero-order valence-corrected chi connectivity index (χ0v) is 12.2. The Morgan fingerprint density at radius 1 is 1.25 bits per heavy atom. The predicted octanol–water partition coefficient (Wildman–Crippen LogP) is 4.23. The van der Waals surface area contributed by atoms with Gasteiger partial charge in [-0.2, -0.15) is 0 Å². The van der Waals surface area contributed by atoms with Crippen LogP contribution >= 0.6 is 0 Å². The second kappa shape index (κ2) is 5.70. The van der Waals surface area contributed by atoms with Gasteiger partial charge in [0.1, 0.15) is 11.6 Å². The Bertz CT molecular complexity index is 597. The molecule has 106 valence electrons. The van der Waals surface area contributed by atoms with Crippen LogP contribution in [0.5, 0.6) is 5.75 Å². The number of rotatable bonds is 3. The summed E-state index contributed by atoms with van der Waals surface area (Å²) in [5.74, 6) is 2.68. The second-order valence-corrected chi connectivity index (χ2v) is 5.86. The van der Waals surface area contributed by atoms with Crippen LogP contribution in [0, 0.1) is 5.92 Å². The molecule has 1 N–H and O–H groups in total. The molecular weight excluding hydrogens is 248 g/mol. The summed E-state index contributed by atoms with van der Waals surface area (Å²) in [7, 11) is 1.70. The van der Waals surface area contributed by atoms with Crippen LogP contribution in [0.3, 0.4) is 0 Å². The van der Waals surface area contributed by atoms with Crippen LogP contribution in [0.2, 0.25) is 0 Å². The third kappa shape index (κ3) is 2.72. The Morgan fingerprint density at radius 2 is 2.15 bits per heavy atom. The number of hydrogen-bond donors (Lipinski definition) is 1. The topological polar surface area (TPSA) is 34.1 Å². The Labute approximate surface area is 120 Å². The SMILES string of the molecule is COc1ccc2ccnc(NC3CCCC(C)C3)c2c1. The molecule has 3 rings (SSSR count). The van der Waals surface area contributed by atoms with E-state index in [2.05, 4.69) is 29.4 Å². The summed E-state index contributed by atoms with van der Waals surface area (Å²) in [5.41, 5.74) is 0. The maximum Gasteiger partial charge on any atom is 0.134 e. The molecule has 20 heavy (non-hydrogen) atoms. The Hall–Kier alpha value is -1.77. The summed E-state index contributed by atoms with van der Waals surface area (Å²) in [5, 5.41) is 5.98. The van der Waals surface area contributed by atoms with E-state index in [-0.39, 0.29) is 0 Å². The molecular formula is C17H22N2O. The van der Waals surface area contributed by atoms with Gasteiger partial charge in [0, 0.05) is 17.6 Å². The first-order valence-electron chi connectivity index (χ1n) is 7.45. The van der Waals surface area contributed by atoms with Crippen molar-refractivity contribution in [2.45, 2.75) is 38.6 Å². The van der Waals surface area contributed by atoms with Gasteiger partial charge in [-0.05, 0) is 42.3 Å². The minimum Gasteiger partial charge on any atom is -0.497 e. The summed E-state index contributed by atoms with van der Waals surface area (Å²) < 4.78 is 5.33. The number of pyridine rings is 1. The third-order valence-corrected chi connectivity index (χ3v) is 4.25. The number of nitrogens with zero attached hydrogens (tertiary/aromatic N) is 1. The lowest BCUT2D eigenvalue weighted by Gasteiger charge is -2.28. The molecule has 2 atom stereocenters. The summed E-state index contributed by atoms with van der Waals surface area (Å²) >= 11 is 0. The summed E-state index contributed by atoms with van der Waals surface area (Å²) in [6, 6.07) is 8.74. The van der Waals surface area contributed by atoms with Crippen molar-refractivity contribution in [3.63, 3.8) is 0 Å². The van der Waals surface area contributed by atoms with Gasteiger partial charge in [0.05, 0.1) is 7.11 Å². The molecule has 1 heterocycles. The van der Waals surface area contributed by atoms with Crippen molar-refractivity contribution < 1.29 is 4.74 Å². The number of fused-ring (bicyclic) bond motifs is 1. The van der Waals surface area contributed by atoms with Crippen LogP contribution < -0.4 is 10.1 Å². The van der Waals surface area contributed by atoms with Gasteiger partial charge < -0.3 is 10.1 Å². The van der Waals surface area contributed by atoms with Gasteiger partial charge in [0.2, 0.25) is 0 Å². The zero-order valence-electron chi connectivity index (χ0n) is 12.2. The van der Waals surface area contributed by atoms with Gasteiger partial charge in [-0.3, -0.25) is 0 Å². The van der Waals surface area contributed by atoms with Crippen LogP contribution in [0.4, 0.5) is 5.82 Å². The van der Waals surface area contributed by atoms with Crippen LogP contribution in [-0.2, 0) is 0 Å². The first-order chi connectivity index (χ1) is 9.76. The molecule has 0 bridgehead atoms. The Kier molecular flexibility index (Phi) is 3.77. The molecule has 1 saturated carbocycles. The fourth-order valence-corrected chi connectivity index (χ4v) is 3.15. The second-order valence-electron chi connectivity index (χ2n) is 5.86. The molecule has 0 saturated heterocycles. The number of hydrogen-bond acceptors (Lipinski definition) is 3. The standard InChI is InChI=1S/C17H22N2O/c1-12-4-3-5-14(10-12)19-17-16-11-15(20-2)7-6-13(16)8-9-18-17/h6-9,11-12,14H,3-5,10H2,1-2H3,(H,18,19). The lowest BCUT2D eigenvalue weighted by atomic mass is 9.87. The molecule has 3 heteroatoms. The molecule has 0 spiro atoms. The monoisotopic (exact) mass is 270 g/mol. The largest absolute Gasteiger partial charge is 0.497 e. The maximum absolute atomic E-state index is 5.33. The van der Waals surface area contributed by atoms with E-state index < -0.39 is 0 Å². The lowest BCUT2D eigenvalue weighted by molar-refractivity contribution is 0.358. The molecule has 0 amide bonds. The number of nitrogens with one attached hydrogen (secondary N) is 1. The van der Waals surface area contributed by atoms with Gasteiger partial charge in [-0.25, -0.2) is 4.98 Å². The van der Waals surface area contributed by atoms with Crippen LogP contribution in [0.1, 0.15) is 32.6 Å². The molecule has 1 aliphatic rings. The highest BCUT2D eigenvalue weighted by atomic mass is 16.5. The van der Waals surface area contributed by atoms with Gasteiger partial charge in [-0.1, -0.05) is 25.8 Å². The van der Waals surface area contributed by atoms with E-state index in [9.17, 15) is 0 Å². The third-order valence-electron chi connectivity index (χ3n) is 4.25. The summed E-state index contributed by atoms with van der Waals surface area (Å²) in [6.45, 7) is 2.34. The minimum atomic E-state index is 0.544. The minimum absolute atomic E-state index is 0.544. The molecule has 2 aromatic rings. The molecule has 1 aromatic heterocycles. The van der Waals surface area contributed by atoms with Crippen LogP contribution in [0.25, 0.3) is 10.8 Å². The molecule has 1 aromatic carbocycles. The summed E-state index contributed by atoms with van der Waals surface area (Å²) in [4.78, 5) is 4.53. The molecule has 1 fully saturated rings. The van der Waals surface area contributed by atoms with Gasteiger partial charge >= 0.3 is 0 Å². The smallest absolute Gasteiger partial charge is 0.134 e. The normalized spacial score (nSPS) is 22.7. The fraction of sp³-hybridized carbons (Fsp3) is 0.471. The van der Waals surface area contributed by atoms with Gasteiger partial charge in [0.25, 0.3) is 0 Å². The molecule has 0 aliphatic heterocycles. The van der Waals surface area contributed by atoms with Crippen molar-refractivity contribution in [3.8, 4) is 5.75 Å². The number of ether oxygens (including phenoxy) is 1. The van der Waals surface area contributed by atoms with E-state index >= 15 is 0 Å². The average molecular weight is 270 g/mol. The van der Waals surface area contributed by atoms with Gasteiger partial charge in [-0.15, -0.1) is 0 Å². The van der Waals surface area contributed by atoms with Crippen molar-refractivity contribution in [2.24, 2.45) is 5.92 Å². The van der Waals surface area contributed by atoms with E-state index in [0.29, 0.717) is 6.04 Å². The number of anilines is 1.